The van der Waals surface area contributed by atoms with Crippen LogP contribution >= 0.6 is 0 Å². The van der Waals surface area contributed by atoms with Gasteiger partial charge in [-0.25, -0.2) is 0 Å². The Morgan fingerprint density at radius 2 is 2.00 bits per heavy atom. The molecule has 0 amide bonds. The number of hydrogen-bond donors (Lipinski definition) is 6. The van der Waals surface area contributed by atoms with E-state index in [9.17, 15) is 25.5 Å². The summed E-state index contributed by atoms with van der Waals surface area (Å²) in [6.07, 6.45) is 7.00. The van der Waals surface area contributed by atoms with E-state index in [0.717, 1.165) is 24.0 Å². The van der Waals surface area contributed by atoms with Crippen LogP contribution < -0.4 is 4.74 Å². The molecule has 0 bridgehead atoms. The van der Waals surface area contributed by atoms with E-state index in [1.165, 1.54) is 0 Å². The van der Waals surface area contributed by atoms with Gasteiger partial charge in [-0.3, -0.25) is 0 Å². The summed E-state index contributed by atoms with van der Waals surface area (Å²) in [6.45, 7) is -0.657. The van der Waals surface area contributed by atoms with Gasteiger partial charge < -0.3 is 49.5 Å². The van der Waals surface area contributed by atoms with Crippen LogP contribution in [-0.4, -0.2) is 67.5 Å². The highest BCUT2D eigenvalue weighted by molar-refractivity contribution is 5.89. The number of aromatic amines is 1. The first kappa shape index (κ1) is 24.6. The van der Waals surface area contributed by atoms with E-state index in [1.54, 1.807) is 30.9 Å². The molecule has 5 atom stereocenters. The van der Waals surface area contributed by atoms with Crippen molar-refractivity contribution in [3.8, 4) is 5.75 Å². The molecule has 0 unspecified atom stereocenters. The molecule has 192 valence electrons. The van der Waals surface area contributed by atoms with Crippen LogP contribution in [0.4, 0.5) is 0 Å². The van der Waals surface area contributed by atoms with E-state index in [-0.39, 0.29) is 5.75 Å². The molecule has 36 heavy (non-hydrogen) atoms. The average molecular weight is 500 g/mol. The molecule has 3 aliphatic rings. The Hall–Kier alpha value is -3.12. The van der Waals surface area contributed by atoms with Gasteiger partial charge in [0.05, 0.1) is 6.61 Å². The van der Waals surface area contributed by atoms with Crippen molar-refractivity contribution in [3.05, 3.63) is 77.8 Å². The molecule has 1 saturated heterocycles. The minimum absolute atomic E-state index is 0.164. The number of allylic oxidation sites excluding steroid dienone is 5. The van der Waals surface area contributed by atoms with Gasteiger partial charge in [-0.1, -0.05) is 24.3 Å². The van der Waals surface area contributed by atoms with Crippen molar-refractivity contribution in [2.75, 3.05) is 6.61 Å². The second-order valence-electron chi connectivity index (χ2n) is 8.95. The molecule has 5 rings (SSSR count). The van der Waals surface area contributed by atoms with Gasteiger partial charge in [0.15, 0.2) is 11.9 Å². The Kier molecular flexibility index (Phi) is 6.89. The van der Waals surface area contributed by atoms with Gasteiger partial charge in [0.25, 0.3) is 5.79 Å². The van der Waals surface area contributed by atoms with Crippen molar-refractivity contribution < 1.29 is 44.5 Å². The number of benzene rings is 1. The molecule has 10 nitrogen and oxygen atoms in total. The van der Waals surface area contributed by atoms with E-state index < -0.39 is 37.0 Å². The first-order chi connectivity index (χ1) is 17.4. The molecular weight excluding hydrogens is 470 g/mol. The van der Waals surface area contributed by atoms with Crippen LogP contribution in [0.15, 0.2) is 72.2 Å². The second kappa shape index (κ2) is 10.1. The summed E-state index contributed by atoms with van der Waals surface area (Å²) in [6, 6.07) is 5.08. The monoisotopic (exact) mass is 499 g/mol. The molecule has 6 N–H and O–H groups in total. The molecule has 2 aromatic rings. The van der Waals surface area contributed by atoms with Crippen LogP contribution in [0.2, 0.25) is 0 Å². The van der Waals surface area contributed by atoms with Gasteiger partial charge in [0.1, 0.15) is 36.2 Å². The number of fused-ring (bicyclic) bond motifs is 1. The Bertz CT molecular complexity index is 1230. The van der Waals surface area contributed by atoms with Crippen LogP contribution in [0.1, 0.15) is 24.8 Å². The smallest absolute Gasteiger partial charge is 0.288 e. The molecule has 1 aliphatic carbocycles. The van der Waals surface area contributed by atoms with E-state index >= 15 is 0 Å². The van der Waals surface area contributed by atoms with Crippen LogP contribution in [0.5, 0.6) is 5.75 Å². The average Bonchev–Trinajstić information content (AvgIpc) is 3.33. The minimum atomic E-state index is -2.67. The van der Waals surface area contributed by atoms with Gasteiger partial charge in [0, 0.05) is 23.5 Å². The molecule has 3 heterocycles. The third-order valence-electron chi connectivity index (χ3n) is 6.58. The fourth-order valence-corrected chi connectivity index (χ4v) is 4.56. The number of nitrogens with one attached hydrogen (secondary N) is 1. The quantitative estimate of drug-likeness (QED) is 0.312. The third kappa shape index (κ3) is 4.55. The molecule has 10 heteroatoms. The lowest BCUT2D eigenvalue weighted by molar-refractivity contribution is -0.385. The maximum absolute atomic E-state index is 11.0. The number of H-pyrrole nitrogens is 1. The SMILES string of the molecule is OC[C@H]1O[C@H](O)[C@@](O)(Oc2cccc3[nH]cc(CCC4=COC=C(C5=CC=CCC5)O4)c23)[C@@H](O)[C@@H]1O. The number of aryl methyl sites for hydroxylation is 1. The van der Waals surface area contributed by atoms with Crippen LogP contribution in [0.25, 0.3) is 10.9 Å². The molecular formula is C26H29NO9. The van der Waals surface area contributed by atoms with E-state index in [1.807, 2.05) is 18.2 Å². The highest BCUT2D eigenvalue weighted by Gasteiger charge is 2.57. The van der Waals surface area contributed by atoms with Crippen LogP contribution in [0, 0.1) is 0 Å². The zero-order valence-corrected chi connectivity index (χ0v) is 19.4. The van der Waals surface area contributed by atoms with Crippen molar-refractivity contribution in [2.24, 2.45) is 0 Å². The molecule has 0 spiro atoms. The molecule has 1 aromatic carbocycles. The summed E-state index contributed by atoms with van der Waals surface area (Å²) < 4.78 is 22.3. The first-order valence-electron chi connectivity index (χ1n) is 11.8. The first-order valence-corrected chi connectivity index (χ1v) is 11.8. The highest BCUT2D eigenvalue weighted by atomic mass is 16.7. The summed E-state index contributed by atoms with van der Waals surface area (Å²) in [7, 11) is 0. The normalized spacial score (nSPS) is 30.2. The van der Waals surface area contributed by atoms with Crippen molar-refractivity contribution in [2.45, 2.75) is 56.1 Å². The summed E-state index contributed by atoms with van der Waals surface area (Å²) >= 11 is 0. The maximum atomic E-state index is 11.0. The van der Waals surface area contributed by atoms with Crippen molar-refractivity contribution in [3.63, 3.8) is 0 Å². The minimum Gasteiger partial charge on any atom is -0.465 e. The van der Waals surface area contributed by atoms with E-state index in [0.29, 0.717) is 35.3 Å². The van der Waals surface area contributed by atoms with Crippen molar-refractivity contribution >= 4 is 10.9 Å². The lowest BCUT2D eigenvalue weighted by Crippen LogP contribution is -2.69. The second-order valence-corrected chi connectivity index (χ2v) is 8.95. The van der Waals surface area contributed by atoms with Gasteiger partial charge in [-0.2, -0.15) is 0 Å². The Balaban J connectivity index is 1.34. The molecule has 0 radical (unpaired) electrons. The Morgan fingerprint density at radius 1 is 1.14 bits per heavy atom. The number of ether oxygens (including phenoxy) is 4. The number of hydrogen-bond acceptors (Lipinski definition) is 9. The Morgan fingerprint density at radius 3 is 2.78 bits per heavy atom. The molecule has 1 aromatic heterocycles. The number of rotatable bonds is 7. The molecule has 0 saturated carbocycles. The van der Waals surface area contributed by atoms with Crippen molar-refractivity contribution in [1.82, 2.24) is 4.98 Å². The predicted molar refractivity (Wildman–Crippen MR) is 127 cm³/mol. The van der Waals surface area contributed by atoms with Gasteiger partial charge in [-0.15, -0.1) is 0 Å². The summed E-state index contributed by atoms with van der Waals surface area (Å²) in [5.41, 5.74) is 2.60. The largest absolute Gasteiger partial charge is 0.465 e. The Labute approximate surface area is 207 Å². The maximum Gasteiger partial charge on any atom is 0.288 e. The highest BCUT2D eigenvalue weighted by Crippen LogP contribution is 2.37. The molecule has 2 aliphatic heterocycles. The van der Waals surface area contributed by atoms with Gasteiger partial charge in [0.2, 0.25) is 6.29 Å². The fourth-order valence-electron chi connectivity index (χ4n) is 4.56. The van der Waals surface area contributed by atoms with E-state index in [2.05, 4.69) is 11.1 Å². The molecule has 1 fully saturated rings. The summed E-state index contributed by atoms with van der Waals surface area (Å²) in [5, 5.41) is 51.9. The van der Waals surface area contributed by atoms with Crippen molar-refractivity contribution in [1.29, 1.82) is 0 Å². The van der Waals surface area contributed by atoms with Gasteiger partial charge in [-0.05, 0) is 42.5 Å². The van der Waals surface area contributed by atoms with E-state index in [4.69, 9.17) is 18.9 Å². The predicted octanol–water partition coefficient (Wildman–Crippen LogP) is 1.61. The zero-order valence-electron chi connectivity index (χ0n) is 19.4. The summed E-state index contributed by atoms with van der Waals surface area (Å²) in [4.78, 5) is 3.15. The van der Waals surface area contributed by atoms with Crippen LogP contribution in [0.3, 0.4) is 0 Å². The van der Waals surface area contributed by atoms with Crippen LogP contribution in [-0.2, 0) is 20.6 Å². The van der Waals surface area contributed by atoms with Gasteiger partial charge >= 0.3 is 0 Å². The lowest BCUT2D eigenvalue weighted by atomic mass is 9.95. The summed E-state index contributed by atoms with van der Waals surface area (Å²) in [5.74, 6) is -1.17. The zero-order chi connectivity index (χ0) is 25.3. The third-order valence-corrected chi connectivity index (χ3v) is 6.58. The number of aliphatic hydroxyl groups excluding tert-OH is 4. The standard InChI is InChI=1S/C26H29NO9/c28-12-20-23(29)24(30)26(32,25(31)35-20)36-19-8-4-7-18-22(19)16(11-27-18)9-10-17-13-33-14-21(34-17)15-5-2-1-3-6-15/h1-2,4-5,7-8,11,13-14,20,23-25,27-32H,3,6,9-10,12H2/t20-,23-,24+,25+,26+/m1/s1. The lowest BCUT2D eigenvalue weighted by Gasteiger charge is -2.45. The fraction of sp³-hybridized carbons (Fsp3) is 0.385. The number of aromatic nitrogens is 1. The number of aliphatic hydroxyl groups is 5. The topological polar surface area (TPSA) is 154 Å².